The maximum absolute atomic E-state index is 6.88. The fourth-order valence-electron chi connectivity index (χ4n) is 9.47. The monoisotopic (exact) mass is 918 g/mol. The average Bonchev–Trinajstić information content (AvgIpc) is 3.94. The van der Waals surface area contributed by atoms with Gasteiger partial charge in [-0.2, -0.15) is 4.68 Å². The summed E-state index contributed by atoms with van der Waals surface area (Å²) in [5.41, 5.74) is 12.9. The fourth-order valence-corrected chi connectivity index (χ4v) is 9.47. The predicted octanol–water partition coefficient (Wildman–Crippen LogP) is 15.8. The van der Waals surface area contributed by atoms with Gasteiger partial charge >= 0.3 is 0 Å². The van der Waals surface area contributed by atoms with Crippen LogP contribution in [-0.4, -0.2) is 19.2 Å². The smallest absolute Gasteiger partial charge is 0.273 e. The first kappa shape index (κ1) is 46.2. The van der Waals surface area contributed by atoms with E-state index in [4.69, 9.17) is 14.8 Å². The lowest BCUT2D eigenvalue weighted by Gasteiger charge is -2.26. The Balaban J connectivity index is 1.11. The second kappa shape index (κ2) is 17.4. The molecule has 0 saturated heterocycles. The van der Waals surface area contributed by atoms with E-state index in [-0.39, 0.29) is 21.7 Å². The summed E-state index contributed by atoms with van der Waals surface area (Å²) in [7, 11) is 0. The van der Waals surface area contributed by atoms with Crippen LogP contribution >= 0.6 is 0 Å². The Morgan fingerprint density at radius 1 is 0.471 bits per heavy atom. The second-order valence-electron chi connectivity index (χ2n) is 22.3. The van der Waals surface area contributed by atoms with E-state index in [1.54, 1.807) is 0 Å². The highest BCUT2D eigenvalue weighted by molar-refractivity contribution is 6.09. The minimum Gasteiger partial charge on any atom is -0.458 e. The Kier molecular flexibility index (Phi) is 11.5. The molecule has 3 heterocycles. The first-order valence-electron chi connectivity index (χ1n) is 24.5. The van der Waals surface area contributed by atoms with Gasteiger partial charge in [0.05, 0.1) is 22.4 Å². The second-order valence-corrected chi connectivity index (χ2v) is 22.3. The Morgan fingerprint density at radius 2 is 1.11 bits per heavy atom. The van der Waals surface area contributed by atoms with E-state index < -0.39 is 0 Å². The molecule has 3 aromatic heterocycles. The average molecular weight is 918 g/mol. The fraction of sp³-hybridized carbons (Fsp3) is 0.234. The number of aromatic nitrogens is 5. The van der Waals surface area contributed by atoms with Gasteiger partial charge in [-0.1, -0.05) is 204 Å². The van der Waals surface area contributed by atoms with Crippen LogP contribution in [0.25, 0.3) is 61.5 Å². The van der Waals surface area contributed by atoms with E-state index >= 15 is 0 Å². The van der Waals surface area contributed by atoms with Crippen LogP contribution in [0.3, 0.4) is 0 Å². The summed E-state index contributed by atoms with van der Waals surface area (Å²) in [6.45, 7) is 25.0. The molecule has 0 saturated carbocycles. The van der Waals surface area contributed by atoms with Crippen molar-refractivity contribution < 1.29 is 9.42 Å². The van der Waals surface area contributed by atoms with Crippen molar-refractivity contribution in [3.8, 4) is 51.2 Å². The molecule has 0 aliphatic carbocycles. The quantitative estimate of drug-likeness (QED) is 0.107. The molecular weight excluding hydrogens is 855 g/mol. The summed E-state index contributed by atoms with van der Waals surface area (Å²) in [4.78, 5) is 4.99. The summed E-state index contributed by atoms with van der Waals surface area (Å²) in [5.74, 6) is 3.05. The zero-order valence-electron chi connectivity index (χ0n) is 42.5. The number of rotatable bonds is 9. The lowest BCUT2D eigenvalue weighted by molar-refractivity contribution is -0.660. The van der Waals surface area contributed by atoms with Crippen molar-refractivity contribution >= 4 is 21.8 Å². The number of hydrogen-bond acceptors (Lipinski definition) is 3. The summed E-state index contributed by atoms with van der Waals surface area (Å²) in [6.07, 6.45) is 5.68. The van der Waals surface area contributed by atoms with E-state index in [2.05, 4.69) is 255 Å². The number of nitrogens with zero attached hydrogens (tertiary/aromatic N) is 5. The molecule has 7 aromatic carbocycles. The van der Waals surface area contributed by atoms with Gasteiger partial charge in [0.25, 0.3) is 6.33 Å². The number of hydrogen-bond donors (Lipinski definition) is 0. The molecule has 70 heavy (non-hydrogen) atoms. The van der Waals surface area contributed by atoms with Gasteiger partial charge in [0.2, 0.25) is 0 Å². The van der Waals surface area contributed by atoms with Crippen LogP contribution in [0.4, 0.5) is 0 Å². The molecule has 0 fully saturated rings. The molecular formula is C64H63N5O. The number of fused-ring (bicyclic) bond motifs is 3. The van der Waals surface area contributed by atoms with Crippen molar-refractivity contribution in [1.82, 2.24) is 19.2 Å². The van der Waals surface area contributed by atoms with Gasteiger partial charge in [-0.25, -0.2) is 4.98 Å². The Bertz CT molecular complexity index is 3510. The molecule has 0 aliphatic heterocycles. The van der Waals surface area contributed by atoms with Crippen molar-refractivity contribution in [2.45, 2.75) is 97.8 Å². The molecule has 0 spiro atoms. The van der Waals surface area contributed by atoms with E-state index in [1.165, 1.54) is 27.8 Å². The topological polar surface area (TPSA) is 48.8 Å². The molecule has 0 radical (unpaired) electrons. The molecule has 6 nitrogen and oxygen atoms in total. The lowest BCUT2D eigenvalue weighted by Crippen LogP contribution is -2.34. The SMILES string of the molecule is CC(C)(C)c1cc(-[n+]2[c-]n(-c3cccc(Oc4ccc5c6ccccc6n(-c6cc(C(C)(C)c7ccccc7)ccn6)c5c4)c3)c(-c3cc(C(C)(C)C)ccc3-c3ccccc3)n2)cc(C(C)(C)C)c1. The van der Waals surface area contributed by atoms with Gasteiger partial charge in [-0.3, -0.25) is 9.13 Å². The highest BCUT2D eigenvalue weighted by Gasteiger charge is 2.27. The zero-order valence-corrected chi connectivity index (χ0v) is 42.5. The van der Waals surface area contributed by atoms with Crippen LogP contribution < -0.4 is 9.42 Å². The first-order valence-corrected chi connectivity index (χ1v) is 24.5. The standard InChI is InChI=1S/C64H63N5O/c1-61(2,3)45-29-31-53(43-21-14-12-15-22-43)56(38-45)60-66-68(50-36-47(62(4,5)6)35-48(37-50)63(7,8)9)42-67(60)49-25-20-26-51(40-49)70-52-30-32-55-54-27-18-19-28-57(54)69(58(55)41-52)59-39-46(33-34-65-59)64(10,11)44-23-16-13-17-24-44/h12-41H,1-11H3. The molecule has 10 aromatic rings. The first-order chi connectivity index (χ1) is 33.3. The Hall–Kier alpha value is -7.57. The Morgan fingerprint density at radius 3 is 1.81 bits per heavy atom. The minimum absolute atomic E-state index is 0.0770. The van der Waals surface area contributed by atoms with E-state index in [0.717, 1.165) is 67.3 Å². The van der Waals surface area contributed by atoms with Gasteiger partial charge in [0, 0.05) is 34.0 Å². The van der Waals surface area contributed by atoms with E-state index in [9.17, 15) is 0 Å². The van der Waals surface area contributed by atoms with Crippen LogP contribution in [-0.2, 0) is 21.7 Å². The number of ether oxygens (including phenoxy) is 1. The van der Waals surface area contributed by atoms with Crippen molar-refractivity contribution in [3.05, 3.63) is 216 Å². The van der Waals surface area contributed by atoms with Crippen LogP contribution in [0, 0.1) is 6.33 Å². The number of pyridine rings is 1. The molecule has 10 rings (SSSR count). The van der Waals surface area contributed by atoms with E-state index in [1.807, 2.05) is 23.0 Å². The molecule has 6 heteroatoms. The molecule has 0 unspecified atom stereocenters. The van der Waals surface area contributed by atoms with Crippen molar-refractivity contribution in [2.24, 2.45) is 0 Å². The highest BCUT2D eigenvalue weighted by Crippen LogP contribution is 2.40. The predicted molar refractivity (Wildman–Crippen MR) is 288 cm³/mol. The summed E-state index contributed by atoms with van der Waals surface area (Å²) < 4.78 is 13.2. The van der Waals surface area contributed by atoms with Crippen molar-refractivity contribution in [2.75, 3.05) is 0 Å². The van der Waals surface area contributed by atoms with Crippen LogP contribution in [0.1, 0.15) is 104 Å². The van der Waals surface area contributed by atoms with Crippen molar-refractivity contribution in [3.63, 3.8) is 0 Å². The molecule has 0 N–H and O–H groups in total. The van der Waals surface area contributed by atoms with Gasteiger partial charge in [-0.15, -0.1) is 5.10 Å². The normalized spacial score (nSPS) is 12.5. The molecule has 0 aliphatic rings. The van der Waals surface area contributed by atoms with Gasteiger partial charge in [0.1, 0.15) is 17.3 Å². The van der Waals surface area contributed by atoms with Crippen LogP contribution in [0.2, 0.25) is 0 Å². The maximum atomic E-state index is 6.88. The third kappa shape index (κ3) is 8.83. The maximum Gasteiger partial charge on any atom is 0.273 e. The lowest BCUT2D eigenvalue weighted by atomic mass is 9.78. The van der Waals surface area contributed by atoms with E-state index in [0.29, 0.717) is 5.75 Å². The van der Waals surface area contributed by atoms with Gasteiger partial charge in [-0.05, 0) is 97.7 Å². The summed E-state index contributed by atoms with van der Waals surface area (Å²) in [5, 5.41) is 7.79. The van der Waals surface area contributed by atoms with Crippen LogP contribution in [0.5, 0.6) is 11.5 Å². The van der Waals surface area contributed by atoms with Gasteiger partial charge in [0.15, 0.2) is 5.82 Å². The Labute approximate surface area is 413 Å². The zero-order chi connectivity index (χ0) is 49.2. The summed E-state index contributed by atoms with van der Waals surface area (Å²) in [6, 6.07) is 62.5. The molecule has 0 bridgehead atoms. The third-order valence-electron chi connectivity index (χ3n) is 13.9. The number of para-hydroxylation sites is 1. The number of benzene rings is 7. The summed E-state index contributed by atoms with van der Waals surface area (Å²) >= 11 is 0. The van der Waals surface area contributed by atoms with Crippen molar-refractivity contribution in [1.29, 1.82) is 0 Å². The highest BCUT2D eigenvalue weighted by atomic mass is 16.5. The third-order valence-corrected chi connectivity index (χ3v) is 13.9. The largest absolute Gasteiger partial charge is 0.458 e. The van der Waals surface area contributed by atoms with Crippen LogP contribution in [0.15, 0.2) is 182 Å². The molecule has 0 atom stereocenters. The molecule has 350 valence electrons. The molecule has 0 amide bonds. The van der Waals surface area contributed by atoms with Gasteiger partial charge < -0.3 is 4.74 Å². The minimum atomic E-state index is -0.229.